The van der Waals surface area contributed by atoms with E-state index in [-0.39, 0.29) is 18.4 Å². The van der Waals surface area contributed by atoms with Gasteiger partial charge in [0.25, 0.3) is 5.91 Å². The maximum atomic E-state index is 13.6. The Morgan fingerprint density at radius 3 is 2.11 bits per heavy atom. The zero-order valence-corrected chi connectivity index (χ0v) is 15.5. The number of anilines is 2. The maximum absolute atomic E-state index is 13.6. The van der Waals surface area contributed by atoms with Gasteiger partial charge in [0, 0.05) is 5.69 Å². The van der Waals surface area contributed by atoms with E-state index in [0.717, 1.165) is 5.56 Å². The first kappa shape index (κ1) is 17.8. The summed E-state index contributed by atoms with van der Waals surface area (Å²) in [5.74, 6) is 0.244. The Labute approximate surface area is 163 Å². The van der Waals surface area contributed by atoms with Crippen LogP contribution in [0, 0.1) is 0 Å². The lowest BCUT2D eigenvalue weighted by molar-refractivity contribution is -0.128. The van der Waals surface area contributed by atoms with Gasteiger partial charge in [0.1, 0.15) is 18.3 Å². The van der Waals surface area contributed by atoms with Gasteiger partial charge in [0.15, 0.2) is 0 Å². The number of carbonyl (C=O) groups excluding carboxylic acids is 2. The van der Waals surface area contributed by atoms with Crippen LogP contribution in [0.5, 0.6) is 5.75 Å². The molecule has 0 N–H and O–H groups in total. The molecule has 4 rings (SSSR count). The van der Waals surface area contributed by atoms with Crippen LogP contribution in [0.4, 0.5) is 11.4 Å². The Bertz CT molecular complexity index is 989. The van der Waals surface area contributed by atoms with Crippen LogP contribution in [0.1, 0.15) is 11.6 Å². The molecule has 5 nitrogen and oxygen atoms in total. The van der Waals surface area contributed by atoms with Gasteiger partial charge in [0.05, 0.1) is 12.8 Å². The van der Waals surface area contributed by atoms with Crippen LogP contribution < -0.4 is 14.5 Å². The summed E-state index contributed by atoms with van der Waals surface area (Å²) in [6.45, 7) is -0.0442. The molecule has 1 aliphatic rings. The lowest BCUT2D eigenvalue weighted by Crippen LogP contribution is -2.56. The quantitative estimate of drug-likeness (QED) is 0.700. The first-order valence-corrected chi connectivity index (χ1v) is 9.07. The van der Waals surface area contributed by atoms with Crippen LogP contribution in [0.25, 0.3) is 0 Å². The molecule has 0 spiro atoms. The summed E-state index contributed by atoms with van der Waals surface area (Å²) < 4.78 is 5.42. The predicted molar refractivity (Wildman–Crippen MR) is 108 cm³/mol. The first-order valence-electron chi connectivity index (χ1n) is 9.07. The Morgan fingerprint density at radius 2 is 1.43 bits per heavy atom. The largest absolute Gasteiger partial charge is 0.495 e. The zero-order chi connectivity index (χ0) is 19.5. The molecule has 2 amide bonds. The van der Waals surface area contributed by atoms with Crippen molar-refractivity contribution in [2.75, 3.05) is 23.5 Å². The minimum atomic E-state index is -0.741. The fraction of sp³-hybridized carbons (Fsp3) is 0.130. The van der Waals surface area contributed by atoms with E-state index in [0.29, 0.717) is 17.1 Å². The number of benzene rings is 3. The number of piperazine rings is 1. The highest BCUT2D eigenvalue weighted by Crippen LogP contribution is 2.37. The van der Waals surface area contributed by atoms with Gasteiger partial charge in [-0.2, -0.15) is 0 Å². The number of carbonyl (C=O) groups is 2. The Hall–Kier alpha value is -3.60. The summed E-state index contributed by atoms with van der Waals surface area (Å²) >= 11 is 0. The Balaban J connectivity index is 1.83. The molecule has 140 valence electrons. The number of amides is 2. The van der Waals surface area contributed by atoms with Crippen molar-refractivity contribution in [1.82, 2.24) is 0 Å². The third kappa shape index (κ3) is 3.11. The summed E-state index contributed by atoms with van der Waals surface area (Å²) in [4.78, 5) is 29.9. The standard InChI is InChI=1S/C23H20N2O3/c1-28-20-15-9-8-14-19(20)24-16-21(26)25(18-12-6-3-7-13-18)22(23(24)27)17-10-4-2-5-11-17/h2-15,22H,16H2,1H3/t22-/m0/s1. The van der Waals surface area contributed by atoms with E-state index in [1.807, 2.05) is 72.8 Å². The fourth-order valence-electron chi connectivity index (χ4n) is 3.56. The molecule has 5 heteroatoms. The molecule has 0 bridgehead atoms. The molecule has 1 heterocycles. The van der Waals surface area contributed by atoms with Crippen molar-refractivity contribution in [1.29, 1.82) is 0 Å². The molecule has 0 radical (unpaired) electrons. The van der Waals surface area contributed by atoms with Crippen LogP contribution in [0.2, 0.25) is 0 Å². The summed E-state index contributed by atoms with van der Waals surface area (Å²) in [5, 5.41) is 0. The Morgan fingerprint density at radius 1 is 0.821 bits per heavy atom. The van der Waals surface area contributed by atoms with Crippen molar-refractivity contribution in [3.05, 3.63) is 90.5 Å². The average molecular weight is 372 g/mol. The number of nitrogens with zero attached hydrogens (tertiary/aromatic N) is 2. The van der Waals surface area contributed by atoms with Gasteiger partial charge in [-0.05, 0) is 29.8 Å². The highest BCUT2D eigenvalue weighted by molar-refractivity contribution is 6.14. The van der Waals surface area contributed by atoms with Crippen LogP contribution in [0.15, 0.2) is 84.9 Å². The third-order valence-electron chi connectivity index (χ3n) is 4.85. The zero-order valence-electron chi connectivity index (χ0n) is 15.5. The molecule has 3 aromatic carbocycles. The molecular formula is C23H20N2O3. The molecular weight excluding hydrogens is 352 g/mol. The maximum Gasteiger partial charge on any atom is 0.255 e. The van der Waals surface area contributed by atoms with Crippen LogP contribution in [-0.2, 0) is 9.59 Å². The van der Waals surface area contributed by atoms with Crippen molar-refractivity contribution in [3.63, 3.8) is 0 Å². The first-order chi connectivity index (χ1) is 13.7. The molecule has 0 unspecified atom stereocenters. The van der Waals surface area contributed by atoms with Crippen LogP contribution in [0.3, 0.4) is 0 Å². The normalized spacial score (nSPS) is 17.0. The van der Waals surface area contributed by atoms with E-state index < -0.39 is 6.04 Å². The highest BCUT2D eigenvalue weighted by Gasteiger charge is 2.42. The summed E-state index contributed by atoms with van der Waals surface area (Å²) in [5.41, 5.74) is 2.07. The van der Waals surface area contributed by atoms with E-state index >= 15 is 0 Å². The van der Waals surface area contributed by atoms with Crippen molar-refractivity contribution < 1.29 is 14.3 Å². The molecule has 1 aliphatic heterocycles. The van der Waals surface area contributed by atoms with Crippen molar-refractivity contribution in [2.45, 2.75) is 6.04 Å². The third-order valence-corrected chi connectivity index (χ3v) is 4.85. The lowest BCUT2D eigenvalue weighted by atomic mass is 9.99. The van der Waals surface area contributed by atoms with E-state index in [2.05, 4.69) is 0 Å². The Kier molecular flexibility index (Phi) is 4.81. The van der Waals surface area contributed by atoms with Crippen molar-refractivity contribution in [2.24, 2.45) is 0 Å². The smallest absolute Gasteiger partial charge is 0.255 e. The van der Waals surface area contributed by atoms with Crippen LogP contribution in [-0.4, -0.2) is 25.5 Å². The molecule has 0 aromatic heterocycles. The molecule has 28 heavy (non-hydrogen) atoms. The topological polar surface area (TPSA) is 49.9 Å². The minimum Gasteiger partial charge on any atom is -0.495 e. The molecule has 0 saturated carbocycles. The predicted octanol–water partition coefficient (Wildman–Crippen LogP) is 3.82. The monoisotopic (exact) mass is 372 g/mol. The number of ether oxygens (including phenoxy) is 1. The van der Waals surface area contributed by atoms with Gasteiger partial charge in [-0.3, -0.25) is 19.4 Å². The van der Waals surface area contributed by atoms with Gasteiger partial charge >= 0.3 is 0 Å². The second kappa shape index (κ2) is 7.56. The second-order valence-corrected chi connectivity index (χ2v) is 6.51. The van der Waals surface area contributed by atoms with Crippen LogP contribution >= 0.6 is 0 Å². The number of para-hydroxylation sites is 3. The number of rotatable bonds is 4. The van der Waals surface area contributed by atoms with Crippen molar-refractivity contribution >= 4 is 23.2 Å². The number of hydrogen-bond donors (Lipinski definition) is 0. The van der Waals surface area contributed by atoms with Gasteiger partial charge in [-0.25, -0.2) is 0 Å². The number of hydrogen-bond acceptors (Lipinski definition) is 3. The number of methoxy groups -OCH3 is 1. The molecule has 3 aromatic rings. The minimum absolute atomic E-state index is 0.0442. The second-order valence-electron chi connectivity index (χ2n) is 6.51. The van der Waals surface area contributed by atoms with Gasteiger partial charge in [-0.15, -0.1) is 0 Å². The van der Waals surface area contributed by atoms with Gasteiger partial charge < -0.3 is 4.74 Å². The fourth-order valence-corrected chi connectivity index (χ4v) is 3.56. The average Bonchev–Trinajstić information content (AvgIpc) is 2.76. The van der Waals surface area contributed by atoms with Crippen molar-refractivity contribution in [3.8, 4) is 5.75 Å². The molecule has 1 atom stereocenters. The molecule has 0 aliphatic carbocycles. The van der Waals surface area contributed by atoms with E-state index in [9.17, 15) is 9.59 Å². The van der Waals surface area contributed by atoms with Gasteiger partial charge in [-0.1, -0.05) is 60.7 Å². The van der Waals surface area contributed by atoms with E-state index in [1.165, 1.54) is 4.90 Å². The highest BCUT2D eigenvalue weighted by atomic mass is 16.5. The summed E-state index contributed by atoms with van der Waals surface area (Å²) in [6, 6.07) is 25.2. The van der Waals surface area contributed by atoms with E-state index in [1.54, 1.807) is 24.1 Å². The van der Waals surface area contributed by atoms with Gasteiger partial charge in [0.2, 0.25) is 5.91 Å². The lowest BCUT2D eigenvalue weighted by Gasteiger charge is -2.40. The molecule has 1 saturated heterocycles. The molecule has 1 fully saturated rings. The summed E-state index contributed by atoms with van der Waals surface area (Å²) in [7, 11) is 1.56. The SMILES string of the molecule is COc1ccccc1N1CC(=O)N(c2ccccc2)[C@@H](c2ccccc2)C1=O. The summed E-state index contributed by atoms with van der Waals surface area (Å²) in [6.07, 6.45) is 0. The van der Waals surface area contributed by atoms with E-state index in [4.69, 9.17) is 4.74 Å².